The fourth-order valence-corrected chi connectivity index (χ4v) is 4.30. The Kier molecular flexibility index (Phi) is 4.97. The smallest absolute Gasteiger partial charge is 0.167 e. The number of Topliss-reactive ketones (excluding diaryl/α,β-unsaturated/α-hetero) is 1. The maximum Gasteiger partial charge on any atom is 0.167 e. The molecule has 0 saturated heterocycles. The van der Waals surface area contributed by atoms with Crippen molar-refractivity contribution in [1.82, 2.24) is 0 Å². The van der Waals surface area contributed by atoms with Crippen molar-refractivity contribution in [3.05, 3.63) is 59.7 Å². The Labute approximate surface area is 168 Å². The van der Waals surface area contributed by atoms with Crippen LogP contribution >= 0.6 is 0 Å². The molecule has 0 spiro atoms. The number of nitriles is 1. The highest BCUT2D eigenvalue weighted by atomic mass is 16.1. The highest BCUT2D eigenvalue weighted by molar-refractivity contribution is 6.03. The van der Waals surface area contributed by atoms with Crippen molar-refractivity contribution in [3.63, 3.8) is 0 Å². The van der Waals surface area contributed by atoms with E-state index in [9.17, 15) is 10.1 Å². The zero-order chi connectivity index (χ0) is 20.6. The first-order valence-corrected chi connectivity index (χ1v) is 9.75. The van der Waals surface area contributed by atoms with Gasteiger partial charge in [0.2, 0.25) is 0 Å². The zero-order valence-electron chi connectivity index (χ0n) is 17.4. The number of nitrogens with one attached hydrogen (secondary N) is 2. The first-order chi connectivity index (χ1) is 13.1. The Morgan fingerprint density at radius 2 is 1.43 bits per heavy atom. The van der Waals surface area contributed by atoms with Crippen molar-refractivity contribution < 1.29 is 4.79 Å². The average molecular weight is 376 g/mol. The Hall–Kier alpha value is -2.80. The van der Waals surface area contributed by atoms with Crippen molar-refractivity contribution in [2.75, 3.05) is 10.6 Å². The number of ketones is 1. The molecule has 2 heterocycles. The topological polar surface area (TPSA) is 64.9 Å². The summed E-state index contributed by atoms with van der Waals surface area (Å²) >= 11 is 0. The van der Waals surface area contributed by atoms with Gasteiger partial charge in [0.15, 0.2) is 5.78 Å². The van der Waals surface area contributed by atoms with Crippen LogP contribution in [0, 0.1) is 11.3 Å². The maximum absolute atomic E-state index is 11.7. The van der Waals surface area contributed by atoms with Gasteiger partial charge >= 0.3 is 0 Å². The number of fused-ring (bicyclic) bond motifs is 2. The average Bonchev–Trinajstić information content (AvgIpc) is 2.60. The summed E-state index contributed by atoms with van der Waals surface area (Å²) < 4.78 is 0. The minimum Gasteiger partial charge on any atom is -0.380 e. The molecule has 0 amide bonds. The first kappa shape index (κ1) is 19.9. The lowest BCUT2D eigenvalue weighted by Gasteiger charge is -2.41. The number of nitrogens with zero attached hydrogens (tertiary/aromatic N) is 1. The molecular formula is C24H29N3O. The molecule has 0 radical (unpaired) electrons. The van der Waals surface area contributed by atoms with Gasteiger partial charge in [-0.2, -0.15) is 5.26 Å². The third-order valence-electron chi connectivity index (χ3n) is 5.34. The Bertz CT molecular complexity index is 939. The molecule has 0 bridgehead atoms. The van der Waals surface area contributed by atoms with Crippen LogP contribution in [0.1, 0.15) is 63.4 Å². The lowest BCUT2D eigenvalue weighted by atomic mass is 9.71. The largest absolute Gasteiger partial charge is 0.380 e. The van der Waals surface area contributed by atoms with Crippen LogP contribution < -0.4 is 10.6 Å². The van der Waals surface area contributed by atoms with E-state index in [1.54, 1.807) is 0 Å². The molecule has 0 fully saturated rings. The highest BCUT2D eigenvalue weighted by Crippen LogP contribution is 2.42. The van der Waals surface area contributed by atoms with Gasteiger partial charge in [0, 0.05) is 34.4 Å². The fourth-order valence-electron chi connectivity index (χ4n) is 4.30. The molecule has 4 nitrogen and oxygen atoms in total. The van der Waals surface area contributed by atoms with E-state index in [1.165, 1.54) is 0 Å². The van der Waals surface area contributed by atoms with Crippen LogP contribution in [0.5, 0.6) is 0 Å². The maximum atomic E-state index is 11.7. The monoisotopic (exact) mass is 375 g/mol. The number of benzene rings is 2. The third kappa shape index (κ3) is 4.04. The minimum absolute atomic E-state index is 0.0150. The van der Waals surface area contributed by atoms with Gasteiger partial charge < -0.3 is 10.6 Å². The summed E-state index contributed by atoms with van der Waals surface area (Å²) in [5.74, 6) is 0.236. The standard InChI is InChI=1S/C13H16N2.C11H13NO/c1-12(2)8-13(3,9-14)10-6-4-5-7-11(10)15-12;1-11(2)7-10(13)8-5-3-4-6-9(8)12-11/h4-7,15H,8H2,1-3H3;3-6,12H,7H2,1-2H3. The molecule has 2 aliphatic rings. The number of para-hydroxylation sites is 2. The van der Waals surface area contributed by atoms with Crippen LogP contribution in [0.4, 0.5) is 11.4 Å². The number of anilines is 2. The molecule has 0 aromatic heterocycles. The van der Waals surface area contributed by atoms with Crippen molar-refractivity contribution in [1.29, 1.82) is 5.26 Å². The minimum atomic E-state index is -0.370. The van der Waals surface area contributed by atoms with Crippen LogP contribution in [0.25, 0.3) is 0 Å². The Balaban J connectivity index is 0.000000162. The molecule has 2 aromatic rings. The van der Waals surface area contributed by atoms with Crippen molar-refractivity contribution >= 4 is 17.2 Å². The van der Waals surface area contributed by atoms with Gasteiger partial charge in [-0.15, -0.1) is 0 Å². The molecule has 146 valence electrons. The van der Waals surface area contributed by atoms with Crippen molar-refractivity contribution in [2.45, 2.75) is 64.0 Å². The third-order valence-corrected chi connectivity index (χ3v) is 5.34. The molecule has 4 rings (SSSR count). The number of hydrogen-bond acceptors (Lipinski definition) is 4. The highest BCUT2D eigenvalue weighted by Gasteiger charge is 2.40. The van der Waals surface area contributed by atoms with Gasteiger partial charge in [-0.25, -0.2) is 0 Å². The summed E-state index contributed by atoms with van der Waals surface area (Å²) in [6.45, 7) is 10.4. The number of carbonyl (C=O) groups excluding carboxylic acids is 1. The second-order valence-electron chi connectivity index (χ2n) is 9.33. The van der Waals surface area contributed by atoms with E-state index in [1.807, 2.05) is 69.3 Å². The molecule has 28 heavy (non-hydrogen) atoms. The van der Waals surface area contributed by atoms with E-state index in [0.29, 0.717) is 6.42 Å². The number of hydrogen-bond donors (Lipinski definition) is 2. The summed E-state index contributed by atoms with van der Waals surface area (Å²) in [6, 6.07) is 18.2. The SMILES string of the molecule is CC1(C)CC(=O)c2ccccc2N1.CC1(C)CC(C)(C#N)c2ccccc2N1. The van der Waals surface area contributed by atoms with Gasteiger partial charge in [-0.3, -0.25) is 4.79 Å². The number of carbonyl (C=O) groups is 1. The fraction of sp³-hybridized carbons (Fsp3) is 0.417. The Morgan fingerprint density at radius 1 is 0.857 bits per heavy atom. The van der Waals surface area contributed by atoms with Crippen LogP contribution in [0.15, 0.2) is 48.5 Å². The normalized spacial score (nSPS) is 23.5. The Morgan fingerprint density at radius 3 is 2.11 bits per heavy atom. The lowest BCUT2D eigenvalue weighted by molar-refractivity contribution is 0.0958. The summed E-state index contributed by atoms with van der Waals surface area (Å²) in [5.41, 5.74) is 3.51. The van der Waals surface area contributed by atoms with Crippen molar-refractivity contribution in [3.8, 4) is 6.07 Å². The van der Waals surface area contributed by atoms with E-state index >= 15 is 0 Å². The molecule has 1 atom stereocenters. The van der Waals surface area contributed by atoms with Gasteiger partial charge in [0.05, 0.1) is 11.5 Å². The second-order valence-corrected chi connectivity index (χ2v) is 9.33. The van der Waals surface area contributed by atoms with Gasteiger partial charge in [-0.1, -0.05) is 30.3 Å². The molecule has 2 N–H and O–H groups in total. The summed E-state index contributed by atoms with van der Waals surface area (Å²) in [4.78, 5) is 11.7. The summed E-state index contributed by atoms with van der Waals surface area (Å²) in [7, 11) is 0. The number of rotatable bonds is 0. The van der Waals surface area contributed by atoms with Gasteiger partial charge in [0.25, 0.3) is 0 Å². The first-order valence-electron chi connectivity index (χ1n) is 9.75. The lowest BCUT2D eigenvalue weighted by Crippen LogP contribution is -2.43. The molecule has 4 heteroatoms. The van der Waals surface area contributed by atoms with Crippen LogP contribution in [-0.4, -0.2) is 16.9 Å². The van der Waals surface area contributed by atoms with E-state index in [2.05, 4.69) is 30.6 Å². The summed E-state index contributed by atoms with van der Waals surface area (Å²) in [6.07, 6.45) is 1.41. The van der Waals surface area contributed by atoms with Crippen LogP contribution in [0.2, 0.25) is 0 Å². The molecule has 2 aliphatic heterocycles. The zero-order valence-corrected chi connectivity index (χ0v) is 17.4. The van der Waals surface area contributed by atoms with Crippen molar-refractivity contribution in [2.24, 2.45) is 0 Å². The van der Waals surface area contributed by atoms with Gasteiger partial charge in [-0.05, 0) is 64.8 Å². The van der Waals surface area contributed by atoms with Crippen LogP contribution in [-0.2, 0) is 5.41 Å². The van der Waals surface area contributed by atoms with Gasteiger partial charge in [0.1, 0.15) is 0 Å². The quantitative estimate of drug-likeness (QED) is 0.636. The van der Waals surface area contributed by atoms with E-state index in [4.69, 9.17) is 0 Å². The molecular weight excluding hydrogens is 346 g/mol. The summed E-state index contributed by atoms with van der Waals surface area (Å²) in [5, 5.41) is 16.2. The predicted octanol–water partition coefficient (Wildman–Crippen LogP) is 5.53. The molecule has 0 saturated carbocycles. The van der Waals surface area contributed by atoms with Crippen LogP contribution in [0.3, 0.4) is 0 Å². The second kappa shape index (κ2) is 6.98. The molecule has 0 aliphatic carbocycles. The van der Waals surface area contributed by atoms with E-state index in [-0.39, 0.29) is 22.3 Å². The van der Waals surface area contributed by atoms with E-state index < -0.39 is 0 Å². The molecule has 2 aromatic carbocycles. The molecule has 1 unspecified atom stereocenters. The van der Waals surface area contributed by atoms with E-state index in [0.717, 1.165) is 28.9 Å². The predicted molar refractivity (Wildman–Crippen MR) is 115 cm³/mol.